The van der Waals surface area contributed by atoms with Crippen LogP contribution in [0.25, 0.3) is 0 Å². The summed E-state index contributed by atoms with van der Waals surface area (Å²) in [5.74, 6) is -0.622. The van der Waals surface area contributed by atoms with Crippen molar-refractivity contribution in [2.75, 3.05) is 38.2 Å². The third-order valence-corrected chi connectivity index (χ3v) is 6.59. The molecule has 4 rings (SSSR count). The molecule has 0 spiro atoms. The summed E-state index contributed by atoms with van der Waals surface area (Å²) < 4.78 is 18.8. The lowest BCUT2D eigenvalue weighted by Gasteiger charge is -2.35. The number of nitrogens with one attached hydrogen (secondary N) is 2. The second-order valence-corrected chi connectivity index (χ2v) is 8.56. The van der Waals surface area contributed by atoms with Crippen molar-refractivity contribution < 1.29 is 18.7 Å². The quantitative estimate of drug-likeness (QED) is 0.739. The minimum absolute atomic E-state index is 0.0768. The lowest BCUT2D eigenvalue weighted by Crippen LogP contribution is -2.44. The lowest BCUT2D eigenvalue weighted by atomic mass is 10.0. The van der Waals surface area contributed by atoms with E-state index in [0.29, 0.717) is 19.8 Å². The van der Waals surface area contributed by atoms with E-state index >= 15 is 0 Å². The predicted octanol–water partition coefficient (Wildman–Crippen LogP) is 2.82. The van der Waals surface area contributed by atoms with Crippen molar-refractivity contribution in [3.63, 3.8) is 0 Å². The van der Waals surface area contributed by atoms with Gasteiger partial charge >= 0.3 is 0 Å². The fourth-order valence-corrected chi connectivity index (χ4v) is 4.82. The summed E-state index contributed by atoms with van der Waals surface area (Å²) in [4.78, 5) is 28.2. The molecule has 2 heterocycles. The van der Waals surface area contributed by atoms with Crippen LogP contribution in [0.4, 0.5) is 10.1 Å². The van der Waals surface area contributed by atoms with Crippen molar-refractivity contribution >= 4 is 29.3 Å². The van der Waals surface area contributed by atoms with Crippen LogP contribution in [0.3, 0.4) is 0 Å². The predicted molar refractivity (Wildman–Crippen MR) is 114 cm³/mol. The van der Waals surface area contributed by atoms with Gasteiger partial charge in [0.25, 0.3) is 0 Å². The summed E-state index contributed by atoms with van der Waals surface area (Å²) >= 11 is 1.41. The fourth-order valence-electron chi connectivity index (χ4n) is 3.71. The van der Waals surface area contributed by atoms with Crippen molar-refractivity contribution in [1.29, 1.82) is 0 Å². The number of para-hydroxylation sites is 1. The molecule has 2 amide bonds. The van der Waals surface area contributed by atoms with Gasteiger partial charge in [0, 0.05) is 31.0 Å². The molecule has 1 fully saturated rings. The molecule has 1 saturated heterocycles. The Hall–Kier alpha value is -2.42. The summed E-state index contributed by atoms with van der Waals surface area (Å²) in [6.45, 7) is 3.14. The maximum absolute atomic E-state index is 13.4. The Morgan fingerprint density at radius 1 is 1.20 bits per heavy atom. The molecule has 0 aromatic heterocycles. The topological polar surface area (TPSA) is 70.7 Å². The number of rotatable bonds is 6. The Morgan fingerprint density at radius 2 is 1.93 bits per heavy atom. The van der Waals surface area contributed by atoms with E-state index in [1.165, 1.54) is 23.9 Å². The van der Waals surface area contributed by atoms with Gasteiger partial charge in [0.1, 0.15) is 5.82 Å². The number of hydrogen-bond acceptors (Lipinski definition) is 5. The van der Waals surface area contributed by atoms with Crippen molar-refractivity contribution in [3.05, 3.63) is 59.9 Å². The molecular formula is C22H24FN3O3S. The van der Waals surface area contributed by atoms with Crippen LogP contribution in [0.2, 0.25) is 0 Å². The van der Waals surface area contributed by atoms with Crippen LogP contribution < -0.4 is 10.6 Å². The zero-order valence-electron chi connectivity index (χ0n) is 16.5. The average Bonchev–Trinajstić information content (AvgIpc) is 2.76. The molecule has 30 heavy (non-hydrogen) atoms. The average molecular weight is 430 g/mol. The number of carbonyl (C=O) groups excluding carboxylic acids is 2. The van der Waals surface area contributed by atoms with Gasteiger partial charge in [0.15, 0.2) is 0 Å². The van der Waals surface area contributed by atoms with Crippen molar-refractivity contribution in [2.45, 2.75) is 22.6 Å². The van der Waals surface area contributed by atoms with Crippen LogP contribution in [-0.2, 0) is 14.3 Å². The van der Waals surface area contributed by atoms with Crippen molar-refractivity contribution in [2.24, 2.45) is 0 Å². The van der Waals surface area contributed by atoms with E-state index < -0.39 is 5.25 Å². The molecule has 0 saturated carbocycles. The summed E-state index contributed by atoms with van der Waals surface area (Å²) in [7, 11) is 0. The largest absolute Gasteiger partial charge is 0.379 e. The zero-order chi connectivity index (χ0) is 20.9. The van der Waals surface area contributed by atoms with Gasteiger partial charge in [-0.05, 0) is 29.8 Å². The summed E-state index contributed by atoms with van der Waals surface area (Å²) in [5, 5.41) is 5.38. The maximum atomic E-state index is 13.4. The first kappa shape index (κ1) is 20.8. The number of thioether (sulfide) groups is 1. The van der Waals surface area contributed by atoms with Gasteiger partial charge in [0.05, 0.1) is 30.2 Å². The van der Waals surface area contributed by atoms with Crippen LogP contribution in [0.1, 0.15) is 18.0 Å². The van der Waals surface area contributed by atoms with Gasteiger partial charge in [-0.25, -0.2) is 4.39 Å². The highest BCUT2D eigenvalue weighted by atomic mass is 32.2. The highest BCUT2D eigenvalue weighted by Gasteiger charge is 2.29. The molecular weight excluding hydrogens is 405 g/mol. The minimum atomic E-state index is -0.465. The number of ether oxygens (including phenoxy) is 1. The molecule has 2 aromatic carbocycles. The Balaban J connectivity index is 1.39. The molecule has 2 N–H and O–H groups in total. The number of amides is 2. The molecule has 2 aliphatic heterocycles. The molecule has 2 unspecified atom stereocenters. The third kappa shape index (κ3) is 5.00. The number of nitrogens with zero attached hydrogens (tertiary/aromatic N) is 1. The van der Waals surface area contributed by atoms with E-state index in [1.54, 1.807) is 12.1 Å². The number of fused-ring (bicyclic) bond motifs is 1. The number of morpholine rings is 1. The Labute approximate surface area is 179 Å². The number of carbonyl (C=O) groups is 2. The fraction of sp³-hybridized carbons (Fsp3) is 0.364. The molecule has 6 nitrogen and oxygen atoms in total. The number of benzene rings is 2. The second-order valence-electron chi connectivity index (χ2n) is 7.32. The molecule has 0 bridgehead atoms. The molecule has 8 heteroatoms. The first-order valence-electron chi connectivity index (χ1n) is 10.0. The summed E-state index contributed by atoms with van der Waals surface area (Å²) in [5.41, 5.74) is 1.73. The Kier molecular flexibility index (Phi) is 6.66. The normalized spacial score (nSPS) is 20.2. The molecule has 2 aliphatic rings. The summed E-state index contributed by atoms with van der Waals surface area (Å²) in [6.07, 6.45) is 0.101. The van der Waals surface area contributed by atoms with Crippen molar-refractivity contribution in [1.82, 2.24) is 10.2 Å². The van der Waals surface area contributed by atoms with Gasteiger partial charge in [-0.2, -0.15) is 0 Å². The maximum Gasteiger partial charge on any atom is 0.238 e. The molecule has 2 aromatic rings. The summed E-state index contributed by atoms with van der Waals surface area (Å²) in [6, 6.07) is 13.9. The van der Waals surface area contributed by atoms with E-state index in [0.717, 1.165) is 29.2 Å². The number of hydrogen-bond donors (Lipinski definition) is 2. The van der Waals surface area contributed by atoms with Crippen LogP contribution >= 0.6 is 11.8 Å². The van der Waals surface area contributed by atoms with Gasteiger partial charge in [-0.1, -0.05) is 24.3 Å². The second kappa shape index (κ2) is 9.59. The highest BCUT2D eigenvalue weighted by Crippen LogP contribution is 2.36. The SMILES string of the molecule is O=C(CC1Sc2ccccc2NC1=O)NCC(c1ccc(F)cc1)N1CCOCC1. The van der Waals surface area contributed by atoms with Crippen LogP contribution in [0, 0.1) is 5.82 Å². The number of anilines is 1. The standard InChI is InChI=1S/C22H24FN3O3S/c23-16-7-5-15(6-8-16)18(26-9-11-29-12-10-26)14-24-21(27)13-20-22(28)25-17-3-1-2-4-19(17)30-20/h1-8,18,20H,9-14H2,(H,24,27)(H,25,28). The van der Waals surface area contributed by atoms with Crippen LogP contribution in [0.15, 0.2) is 53.4 Å². The molecule has 0 aliphatic carbocycles. The Morgan fingerprint density at radius 3 is 2.70 bits per heavy atom. The van der Waals surface area contributed by atoms with Gasteiger partial charge in [0.2, 0.25) is 11.8 Å². The molecule has 0 radical (unpaired) electrons. The van der Waals surface area contributed by atoms with E-state index in [-0.39, 0.29) is 30.1 Å². The lowest BCUT2D eigenvalue weighted by molar-refractivity contribution is -0.124. The smallest absolute Gasteiger partial charge is 0.238 e. The van der Waals surface area contributed by atoms with Crippen LogP contribution in [0.5, 0.6) is 0 Å². The Bertz CT molecular complexity index is 903. The zero-order valence-corrected chi connectivity index (χ0v) is 17.3. The van der Waals surface area contributed by atoms with E-state index in [4.69, 9.17) is 4.74 Å². The van der Waals surface area contributed by atoms with Gasteiger partial charge in [-0.3, -0.25) is 14.5 Å². The van der Waals surface area contributed by atoms with Crippen LogP contribution in [-0.4, -0.2) is 54.8 Å². The van der Waals surface area contributed by atoms with E-state index in [1.807, 2.05) is 24.3 Å². The highest BCUT2D eigenvalue weighted by molar-refractivity contribution is 8.01. The van der Waals surface area contributed by atoms with E-state index in [2.05, 4.69) is 15.5 Å². The molecule has 158 valence electrons. The first-order chi connectivity index (χ1) is 14.6. The number of halogens is 1. The molecule has 2 atom stereocenters. The third-order valence-electron chi connectivity index (χ3n) is 5.31. The van der Waals surface area contributed by atoms with Gasteiger partial charge in [-0.15, -0.1) is 11.8 Å². The minimum Gasteiger partial charge on any atom is -0.379 e. The van der Waals surface area contributed by atoms with Crippen molar-refractivity contribution in [3.8, 4) is 0 Å². The first-order valence-corrected chi connectivity index (χ1v) is 10.9. The van der Waals surface area contributed by atoms with Gasteiger partial charge < -0.3 is 15.4 Å². The monoisotopic (exact) mass is 429 g/mol. The van der Waals surface area contributed by atoms with E-state index in [9.17, 15) is 14.0 Å².